The number of carbonyl (C=O) groups excluding carboxylic acids is 2. The van der Waals surface area contributed by atoms with Gasteiger partial charge in [-0.2, -0.15) is 5.26 Å². The molecule has 156 valence electrons. The maximum absolute atomic E-state index is 13.7. The summed E-state index contributed by atoms with van der Waals surface area (Å²) < 4.78 is 13.7. The molecular formula is C22H24FN5O2. The van der Waals surface area contributed by atoms with Crippen molar-refractivity contribution in [2.75, 3.05) is 36.4 Å². The van der Waals surface area contributed by atoms with Crippen molar-refractivity contribution >= 4 is 23.3 Å². The second-order valence-electron chi connectivity index (χ2n) is 7.10. The maximum Gasteiger partial charge on any atom is 0.326 e. The van der Waals surface area contributed by atoms with Gasteiger partial charge in [-0.15, -0.1) is 0 Å². The Bertz CT molecular complexity index is 959. The van der Waals surface area contributed by atoms with Gasteiger partial charge in [-0.3, -0.25) is 15.0 Å². The number of hydrogen-bond donors (Lipinski definition) is 2. The lowest BCUT2D eigenvalue weighted by atomic mass is 10.1. The molecule has 2 N–H and O–H groups in total. The van der Waals surface area contributed by atoms with E-state index in [1.807, 2.05) is 23.1 Å². The van der Waals surface area contributed by atoms with Gasteiger partial charge in [-0.25, -0.2) is 9.18 Å². The number of benzene rings is 2. The van der Waals surface area contributed by atoms with Gasteiger partial charge < -0.3 is 10.2 Å². The van der Waals surface area contributed by atoms with Crippen molar-refractivity contribution in [1.82, 2.24) is 10.2 Å². The summed E-state index contributed by atoms with van der Waals surface area (Å²) in [6, 6.07) is 14.2. The van der Waals surface area contributed by atoms with E-state index in [1.165, 1.54) is 18.2 Å². The summed E-state index contributed by atoms with van der Waals surface area (Å²) in [6.07, 6.45) is 0.818. The van der Waals surface area contributed by atoms with Crippen molar-refractivity contribution in [3.05, 3.63) is 59.9 Å². The van der Waals surface area contributed by atoms with E-state index in [0.717, 1.165) is 18.7 Å². The van der Waals surface area contributed by atoms with Crippen LogP contribution in [0.5, 0.6) is 0 Å². The lowest BCUT2D eigenvalue weighted by Gasteiger charge is -2.27. The standard InChI is InChI=1S/C22H24FN5O2/c1-16(21(29)26-22(30)25-19-9-4-3-8-18(19)23)27-11-6-12-28(14-13-27)20-10-5-2-7-17(20)15-24/h2-5,7-10,16H,6,11-14H2,1H3,(H2,25,26,29,30). The SMILES string of the molecule is CC(C(=O)NC(=O)Nc1ccccc1F)N1CCCN(c2ccccc2C#N)CC1. The van der Waals surface area contributed by atoms with E-state index in [2.05, 4.69) is 21.6 Å². The molecule has 8 heteroatoms. The van der Waals surface area contributed by atoms with Gasteiger partial charge in [0.25, 0.3) is 0 Å². The minimum atomic E-state index is -0.767. The highest BCUT2D eigenvalue weighted by Crippen LogP contribution is 2.21. The second-order valence-corrected chi connectivity index (χ2v) is 7.10. The average Bonchev–Trinajstić information content (AvgIpc) is 3.01. The topological polar surface area (TPSA) is 88.5 Å². The number of nitrogens with one attached hydrogen (secondary N) is 2. The van der Waals surface area contributed by atoms with E-state index >= 15 is 0 Å². The molecule has 0 bridgehead atoms. The number of imide groups is 1. The zero-order valence-corrected chi connectivity index (χ0v) is 16.8. The normalized spacial score (nSPS) is 15.6. The van der Waals surface area contributed by atoms with Crippen molar-refractivity contribution in [2.45, 2.75) is 19.4 Å². The summed E-state index contributed by atoms with van der Waals surface area (Å²) in [5.74, 6) is -1.02. The third-order valence-corrected chi connectivity index (χ3v) is 5.18. The van der Waals surface area contributed by atoms with Gasteiger partial charge in [0.1, 0.15) is 11.9 Å². The van der Waals surface area contributed by atoms with Crippen LogP contribution in [0.15, 0.2) is 48.5 Å². The number of hydrogen-bond acceptors (Lipinski definition) is 5. The van der Waals surface area contributed by atoms with Crippen molar-refractivity contribution in [3.8, 4) is 6.07 Å². The van der Waals surface area contributed by atoms with Crippen molar-refractivity contribution in [1.29, 1.82) is 5.26 Å². The number of anilines is 2. The third-order valence-electron chi connectivity index (χ3n) is 5.18. The van der Waals surface area contributed by atoms with Crippen molar-refractivity contribution < 1.29 is 14.0 Å². The number of amides is 3. The summed E-state index contributed by atoms with van der Waals surface area (Å²) in [5.41, 5.74) is 1.53. The largest absolute Gasteiger partial charge is 0.369 e. The molecular weight excluding hydrogens is 385 g/mol. The molecule has 1 saturated heterocycles. The van der Waals surface area contributed by atoms with Crippen LogP contribution in [0.4, 0.5) is 20.6 Å². The predicted molar refractivity (Wildman–Crippen MR) is 113 cm³/mol. The van der Waals surface area contributed by atoms with E-state index < -0.39 is 23.8 Å². The van der Waals surface area contributed by atoms with Gasteiger partial charge in [-0.1, -0.05) is 24.3 Å². The Morgan fingerprint density at radius 3 is 2.57 bits per heavy atom. The van der Waals surface area contributed by atoms with Crippen LogP contribution in [0.25, 0.3) is 0 Å². The third kappa shape index (κ3) is 5.13. The van der Waals surface area contributed by atoms with Crippen LogP contribution in [0, 0.1) is 17.1 Å². The summed E-state index contributed by atoms with van der Waals surface area (Å²) in [4.78, 5) is 28.7. The van der Waals surface area contributed by atoms with Gasteiger partial charge >= 0.3 is 6.03 Å². The van der Waals surface area contributed by atoms with Gasteiger partial charge in [-0.05, 0) is 37.6 Å². The highest BCUT2D eigenvalue weighted by Gasteiger charge is 2.26. The smallest absolute Gasteiger partial charge is 0.326 e. The molecule has 2 aromatic rings. The number of carbonyl (C=O) groups is 2. The average molecular weight is 409 g/mol. The zero-order chi connectivity index (χ0) is 21.5. The molecule has 0 spiro atoms. The predicted octanol–water partition coefficient (Wildman–Crippen LogP) is 2.95. The fourth-order valence-corrected chi connectivity index (χ4v) is 3.51. The Kier molecular flexibility index (Phi) is 6.99. The van der Waals surface area contributed by atoms with Gasteiger partial charge in [0.2, 0.25) is 5.91 Å². The molecule has 0 aromatic heterocycles. The Morgan fingerprint density at radius 1 is 1.07 bits per heavy atom. The molecule has 1 fully saturated rings. The van der Waals surface area contributed by atoms with E-state index in [9.17, 15) is 19.2 Å². The minimum absolute atomic E-state index is 0.0111. The highest BCUT2D eigenvalue weighted by atomic mass is 19.1. The van der Waals surface area contributed by atoms with Crippen LogP contribution in [0.1, 0.15) is 18.9 Å². The summed E-state index contributed by atoms with van der Waals surface area (Å²) >= 11 is 0. The number of nitrogens with zero attached hydrogens (tertiary/aromatic N) is 3. The Balaban J connectivity index is 1.57. The van der Waals surface area contributed by atoms with Crippen molar-refractivity contribution in [2.24, 2.45) is 0 Å². The Hall–Kier alpha value is -3.44. The number of para-hydroxylation sites is 2. The van der Waals surface area contributed by atoms with E-state index in [-0.39, 0.29) is 5.69 Å². The van der Waals surface area contributed by atoms with Crippen LogP contribution in [0.3, 0.4) is 0 Å². The minimum Gasteiger partial charge on any atom is -0.369 e. The van der Waals surface area contributed by atoms with Gasteiger partial charge in [0, 0.05) is 26.2 Å². The highest BCUT2D eigenvalue weighted by molar-refractivity contribution is 6.02. The molecule has 30 heavy (non-hydrogen) atoms. The molecule has 1 aliphatic heterocycles. The summed E-state index contributed by atoms with van der Waals surface area (Å²) in [7, 11) is 0. The van der Waals surface area contributed by atoms with Crippen LogP contribution in [-0.2, 0) is 4.79 Å². The quantitative estimate of drug-likeness (QED) is 0.811. The van der Waals surface area contributed by atoms with E-state index in [0.29, 0.717) is 25.2 Å². The van der Waals surface area contributed by atoms with Gasteiger partial charge in [0.05, 0.1) is 23.0 Å². The molecule has 1 heterocycles. The maximum atomic E-state index is 13.7. The number of urea groups is 1. The Labute approximate surface area is 175 Å². The molecule has 1 aliphatic rings. The van der Waals surface area contributed by atoms with E-state index in [1.54, 1.807) is 19.1 Å². The van der Waals surface area contributed by atoms with Crippen molar-refractivity contribution in [3.63, 3.8) is 0 Å². The van der Waals surface area contributed by atoms with Gasteiger partial charge in [0.15, 0.2) is 0 Å². The molecule has 7 nitrogen and oxygen atoms in total. The Morgan fingerprint density at radius 2 is 1.80 bits per heavy atom. The molecule has 3 amide bonds. The molecule has 0 aliphatic carbocycles. The summed E-state index contributed by atoms with van der Waals surface area (Å²) in [6.45, 7) is 4.48. The van der Waals surface area contributed by atoms with Crippen LogP contribution < -0.4 is 15.5 Å². The van der Waals surface area contributed by atoms with Crippen LogP contribution in [0.2, 0.25) is 0 Å². The monoisotopic (exact) mass is 409 g/mol. The van der Waals surface area contributed by atoms with Crippen LogP contribution >= 0.6 is 0 Å². The summed E-state index contributed by atoms with van der Waals surface area (Å²) in [5, 5.41) is 14.0. The second kappa shape index (κ2) is 9.85. The fourth-order valence-electron chi connectivity index (χ4n) is 3.51. The van der Waals surface area contributed by atoms with Crippen LogP contribution in [-0.4, -0.2) is 49.1 Å². The van der Waals surface area contributed by atoms with E-state index in [4.69, 9.17) is 0 Å². The molecule has 2 aromatic carbocycles. The lowest BCUT2D eigenvalue weighted by molar-refractivity contribution is -0.124. The zero-order valence-electron chi connectivity index (χ0n) is 16.8. The molecule has 0 radical (unpaired) electrons. The number of rotatable bonds is 4. The molecule has 1 atom stereocenters. The molecule has 0 saturated carbocycles. The molecule has 3 rings (SSSR count). The first-order valence-corrected chi connectivity index (χ1v) is 9.84. The fraction of sp³-hybridized carbons (Fsp3) is 0.318. The first-order chi connectivity index (χ1) is 14.5. The lowest BCUT2D eigenvalue weighted by Crippen LogP contribution is -2.49. The number of halogens is 1. The first-order valence-electron chi connectivity index (χ1n) is 9.84. The number of nitriles is 1. The first kappa shape index (κ1) is 21.3. The molecule has 1 unspecified atom stereocenters.